The molecule has 1 aliphatic rings. The van der Waals surface area contributed by atoms with Crippen LogP contribution in [0.1, 0.15) is 13.3 Å². The summed E-state index contributed by atoms with van der Waals surface area (Å²) < 4.78 is 2.69. The van der Waals surface area contributed by atoms with Gasteiger partial charge in [0.25, 0.3) is 0 Å². The maximum atomic E-state index is 10.5. The average molecular weight is 131 g/mol. The van der Waals surface area contributed by atoms with Crippen molar-refractivity contribution >= 4 is 17.9 Å². The minimum Gasteiger partial charge on any atom is -0.300 e. The Morgan fingerprint density at radius 3 is 3.00 bits per heavy atom. The fraction of sp³-hybridized carbons (Fsp3) is 0.800. The molecule has 1 amide bonds. The normalized spacial score (nSPS) is 29.6. The van der Waals surface area contributed by atoms with Gasteiger partial charge in [-0.25, -0.2) is 0 Å². The number of hydrogen-bond acceptors (Lipinski definition) is 2. The highest BCUT2D eigenvalue weighted by atomic mass is 32.2. The Morgan fingerprint density at radius 1 is 1.88 bits per heavy atom. The Bertz CT molecular complexity index is 105. The fourth-order valence-corrected chi connectivity index (χ4v) is 1.41. The van der Waals surface area contributed by atoms with E-state index in [1.165, 1.54) is 11.9 Å². The summed E-state index contributed by atoms with van der Waals surface area (Å²) in [5.74, 6) is 1.80. The molecule has 0 aromatic heterocycles. The van der Waals surface area contributed by atoms with Crippen LogP contribution in [0, 0.1) is 5.92 Å². The Balaban J connectivity index is 2.34. The van der Waals surface area contributed by atoms with Crippen molar-refractivity contribution in [3.63, 3.8) is 0 Å². The Morgan fingerprint density at radius 2 is 2.62 bits per heavy atom. The predicted octanol–water partition coefficient (Wildman–Crippen LogP) is 0.791. The summed E-state index contributed by atoms with van der Waals surface area (Å²) in [7, 11) is 0. The van der Waals surface area contributed by atoms with Gasteiger partial charge in [-0.15, -0.1) is 0 Å². The second kappa shape index (κ2) is 2.40. The first-order valence-corrected chi connectivity index (χ1v) is 3.68. The second-order valence-electron chi connectivity index (χ2n) is 2.15. The topological polar surface area (TPSA) is 29.1 Å². The number of hydrogen-bond donors (Lipinski definition) is 1. The van der Waals surface area contributed by atoms with Crippen LogP contribution in [0.3, 0.4) is 0 Å². The van der Waals surface area contributed by atoms with Gasteiger partial charge >= 0.3 is 0 Å². The molecule has 0 aliphatic carbocycles. The minimum absolute atomic E-state index is 0.175. The molecule has 0 spiro atoms. The Kier molecular flexibility index (Phi) is 1.78. The minimum atomic E-state index is 0.175. The molecule has 1 unspecified atom stereocenters. The van der Waals surface area contributed by atoms with E-state index in [1.807, 2.05) is 0 Å². The molecule has 1 atom stereocenters. The first-order valence-electron chi connectivity index (χ1n) is 2.69. The van der Waals surface area contributed by atoms with Crippen molar-refractivity contribution < 1.29 is 4.79 Å². The molecule has 2 nitrogen and oxygen atoms in total. The Hall–Kier alpha value is -0.180. The van der Waals surface area contributed by atoms with E-state index in [0.717, 1.165) is 5.75 Å². The van der Waals surface area contributed by atoms with Crippen molar-refractivity contribution in [3.8, 4) is 0 Å². The van der Waals surface area contributed by atoms with Crippen molar-refractivity contribution in [3.05, 3.63) is 0 Å². The zero-order chi connectivity index (χ0) is 5.98. The van der Waals surface area contributed by atoms with E-state index in [1.54, 1.807) is 0 Å². The third-order valence-electron chi connectivity index (χ3n) is 1.09. The first kappa shape index (κ1) is 5.95. The van der Waals surface area contributed by atoms with Gasteiger partial charge in [-0.05, 0) is 5.92 Å². The third kappa shape index (κ3) is 1.40. The quantitative estimate of drug-likeness (QED) is 0.492. The van der Waals surface area contributed by atoms with Crippen molar-refractivity contribution in [2.24, 2.45) is 5.92 Å². The van der Waals surface area contributed by atoms with E-state index < -0.39 is 0 Å². The second-order valence-corrected chi connectivity index (χ2v) is 2.97. The van der Waals surface area contributed by atoms with Gasteiger partial charge in [0.1, 0.15) is 0 Å². The molecule has 8 heavy (non-hydrogen) atoms. The monoisotopic (exact) mass is 131 g/mol. The molecule has 1 aliphatic heterocycles. The molecule has 1 heterocycles. The van der Waals surface area contributed by atoms with Gasteiger partial charge in [0.2, 0.25) is 5.91 Å². The van der Waals surface area contributed by atoms with Gasteiger partial charge < -0.3 is 4.72 Å². The number of rotatable bonds is 0. The average Bonchev–Trinajstić information content (AvgIpc) is 1.64. The molecule has 0 radical (unpaired) electrons. The summed E-state index contributed by atoms with van der Waals surface area (Å²) in [6.07, 6.45) is 0.701. The molecule has 1 saturated heterocycles. The smallest absolute Gasteiger partial charge is 0.230 e. The van der Waals surface area contributed by atoms with E-state index in [0.29, 0.717) is 12.3 Å². The van der Waals surface area contributed by atoms with E-state index >= 15 is 0 Å². The van der Waals surface area contributed by atoms with Gasteiger partial charge in [0.15, 0.2) is 0 Å². The lowest BCUT2D eigenvalue weighted by Gasteiger charge is -2.15. The van der Waals surface area contributed by atoms with Crippen LogP contribution in [0.15, 0.2) is 0 Å². The number of nitrogens with one attached hydrogen (secondary N) is 1. The van der Waals surface area contributed by atoms with Crippen LogP contribution in [-0.2, 0) is 4.79 Å². The zero-order valence-electron chi connectivity index (χ0n) is 4.81. The molecule has 1 N–H and O–H groups in total. The summed E-state index contributed by atoms with van der Waals surface area (Å²) in [5.41, 5.74) is 0. The van der Waals surface area contributed by atoms with Crippen molar-refractivity contribution in [1.29, 1.82) is 0 Å². The van der Waals surface area contributed by atoms with Crippen LogP contribution in [-0.4, -0.2) is 11.7 Å². The summed E-state index contributed by atoms with van der Waals surface area (Å²) in [4.78, 5) is 10.5. The lowest BCUT2D eigenvalue weighted by molar-refractivity contribution is -0.120. The summed E-state index contributed by atoms with van der Waals surface area (Å²) in [5, 5.41) is 0. The lowest BCUT2D eigenvalue weighted by Crippen LogP contribution is -2.25. The third-order valence-corrected chi connectivity index (χ3v) is 2.20. The molecule has 3 heteroatoms. The van der Waals surface area contributed by atoms with Crippen LogP contribution in [0.2, 0.25) is 0 Å². The SMILES string of the molecule is CC1CSNC(=O)C1. The van der Waals surface area contributed by atoms with Crippen molar-refractivity contribution in [1.82, 2.24) is 4.72 Å². The van der Waals surface area contributed by atoms with Gasteiger partial charge in [-0.3, -0.25) is 4.79 Å². The molecule has 0 aromatic rings. The van der Waals surface area contributed by atoms with Crippen molar-refractivity contribution in [2.75, 3.05) is 5.75 Å². The van der Waals surface area contributed by atoms with Gasteiger partial charge in [-0.1, -0.05) is 18.9 Å². The molecular weight excluding hydrogens is 122 g/mol. The highest BCUT2D eigenvalue weighted by Gasteiger charge is 2.14. The van der Waals surface area contributed by atoms with Crippen LogP contribution < -0.4 is 4.72 Å². The summed E-state index contributed by atoms with van der Waals surface area (Å²) >= 11 is 1.51. The van der Waals surface area contributed by atoms with Crippen LogP contribution in [0.5, 0.6) is 0 Å². The predicted molar refractivity (Wildman–Crippen MR) is 34.4 cm³/mol. The maximum absolute atomic E-state index is 10.5. The number of carbonyl (C=O) groups is 1. The van der Waals surface area contributed by atoms with Crippen LogP contribution in [0.4, 0.5) is 0 Å². The highest BCUT2D eigenvalue weighted by Crippen LogP contribution is 2.14. The number of carbonyl (C=O) groups excluding carboxylic acids is 1. The van der Waals surface area contributed by atoms with Crippen molar-refractivity contribution in [2.45, 2.75) is 13.3 Å². The van der Waals surface area contributed by atoms with Gasteiger partial charge in [0, 0.05) is 12.2 Å². The standard InChI is InChI=1S/C5H9NOS/c1-4-2-5(7)6-8-3-4/h4H,2-3H2,1H3,(H,6,7). The molecule has 1 rings (SSSR count). The van der Waals surface area contributed by atoms with E-state index in [2.05, 4.69) is 11.6 Å². The first-order chi connectivity index (χ1) is 3.79. The molecule has 1 fully saturated rings. The highest BCUT2D eigenvalue weighted by molar-refractivity contribution is 7.98. The maximum Gasteiger partial charge on any atom is 0.230 e. The molecule has 0 saturated carbocycles. The molecular formula is C5H9NOS. The lowest BCUT2D eigenvalue weighted by atomic mass is 10.1. The van der Waals surface area contributed by atoms with Gasteiger partial charge in [0.05, 0.1) is 0 Å². The molecule has 0 aromatic carbocycles. The Labute approximate surface area is 53.2 Å². The summed E-state index contributed by atoms with van der Waals surface area (Å²) in [6.45, 7) is 2.09. The zero-order valence-corrected chi connectivity index (χ0v) is 5.62. The van der Waals surface area contributed by atoms with E-state index in [4.69, 9.17) is 0 Å². The van der Waals surface area contributed by atoms with E-state index in [9.17, 15) is 4.79 Å². The van der Waals surface area contributed by atoms with Gasteiger partial charge in [-0.2, -0.15) is 0 Å². The number of amides is 1. The van der Waals surface area contributed by atoms with Crippen LogP contribution in [0.25, 0.3) is 0 Å². The molecule has 0 bridgehead atoms. The molecule has 46 valence electrons. The largest absolute Gasteiger partial charge is 0.300 e. The fourth-order valence-electron chi connectivity index (χ4n) is 0.682. The van der Waals surface area contributed by atoms with Crippen LogP contribution >= 0.6 is 11.9 Å². The van der Waals surface area contributed by atoms with E-state index in [-0.39, 0.29) is 5.91 Å². The summed E-state index contributed by atoms with van der Waals surface area (Å²) in [6, 6.07) is 0.